The summed E-state index contributed by atoms with van der Waals surface area (Å²) in [5.74, 6) is -1.94. The second kappa shape index (κ2) is 15.1. The van der Waals surface area contributed by atoms with Gasteiger partial charge in [-0.1, -0.05) is 6.07 Å². The molecule has 0 fully saturated rings. The number of urea groups is 1. The molecule has 2 aliphatic rings. The summed E-state index contributed by atoms with van der Waals surface area (Å²) in [6.07, 6.45) is 1.89. The summed E-state index contributed by atoms with van der Waals surface area (Å²) in [7, 11) is -19.2. The van der Waals surface area contributed by atoms with Crippen LogP contribution in [0.15, 0.2) is 110 Å². The first-order valence-electron chi connectivity index (χ1n) is 15.7. The molecule has 300 valence electrons. The number of fused-ring (bicyclic) bond motifs is 2. The highest BCUT2D eigenvalue weighted by molar-refractivity contribution is 7.96. The summed E-state index contributed by atoms with van der Waals surface area (Å²) in [5, 5.41) is 12.3. The Kier molecular flexibility index (Phi) is 10.8. The van der Waals surface area contributed by atoms with Gasteiger partial charge in [-0.05, 0) is 102 Å². The van der Waals surface area contributed by atoms with Crippen molar-refractivity contribution in [3.8, 4) is 0 Å². The van der Waals surface area contributed by atoms with Crippen LogP contribution in [0.3, 0.4) is 0 Å². The van der Waals surface area contributed by atoms with Crippen molar-refractivity contribution in [1.82, 2.24) is 0 Å². The molecule has 0 saturated heterocycles. The Morgan fingerprint density at radius 2 is 1.02 bits per heavy atom. The van der Waals surface area contributed by atoms with Gasteiger partial charge in [-0.3, -0.25) is 38.7 Å². The van der Waals surface area contributed by atoms with Crippen molar-refractivity contribution in [1.29, 1.82) is 0 Å². The Labute approximate surface area is 327 Å². The number of hydrazone groups is 2. The summed E-state index contributed by atoms with van der Waals surface area (Å²) in [5.41, 5.74) is 3.37. The maximum Gasteiger partial charge on any atom is 0.323 e. The zero-order chi connectivity index (χ0) is 42.4. The van der Waals surface area contributed by atoms with Gasteiger partial charge in [0.15, 0.2) is 11.4 Å². The smallest absolute Gasteiger partial charge is 0.308 e. The van der Waals surface area contributed by atoms with Gasteiger partial charge in [0.05, 0.1) is 21.2 Å². The molecule has 0 heterocycles. The van der Waals surface area contributed by atoms with Gasteiger partial charge in [-0.25, -0.2) is 4.79 Å². The third-order valence-corrected chi connectivity index (χ3v) is 11.5. The topological polar surface area (TPSA) is 342 Å². The molecule has 2 aliphatic carbocycles. The third-order valence-electron chi connectivity index (χ3n) is 8.01. The van der Waals surface area contributed by atoms with Gasteiger partial charge >= 0.3 is 6.03 Å². The van der Waals surface area contributed by atoms with Crippen LogP contribution in [0, 0.1) is 0 Å². The number of ketones is 2. The first-order valence-corrected chi connectivity index (χ1v) is 21.4. The van der Waals surface area contributed by atoms with E-state index in [1.54, 1.807) is 0 Å². The number of hydrogen-bond acceptors (Lipinski definition) is 15. The van der Waals surface area contributed by atoms with Crippen molar-refractivity contribution in [2.75, 3.05) is 21.5 Å². The Morgan fingerprint density at radius 1 is 0.534 bits per heavy atom. The number of nitrogens with zero attached hydrogens (tertiary/aromatic N) is 2. The normalized spacial score (nSPS) is 15.9. The molecule has 8 N–H and O–H groups in total. The van der Waals surface area contributed by atoms with E-state index < -0.39 is 89.1 Å². The van der Waals surface area contributed by atoms with Gasteiger partial charge in [0.1, 0.15) is 9.81 Å². The molecule has 4 aromatic carbocycles. The number of nitrogens with one attached hydrogen (secondary N) is 4. The number of carbonyl (C=O) groups excluding carboxylic acids is 3. The number of amides is 2. The molecule has 4 aromatic rings. The van der Waals surface area contributed by atoms with Gasteiger partial charge in [-0.15, -0.1) is 0 Å². The quantitative estimate of drug-likeness (QED) is 0.0827. The van der Waals surface area contributed by atoms with Crippen LogP contribution in [0.2, 0.25) is 0 Å². The minimum absolute atomic E-state index is 0.0232. The average molecular weight is 873 g/mol. The molecular formula is C33H24N6O15S4. The van der Waals surface area contributed by atoms with E-state index in [4.69, 9.17) is 9.11 Å². The molecule has 21 nitrogen and oxygen atoms in total. The Balaban J connectivity index is 1.22. The fourth-order valence-corrected chi connectivity index (χ4v) is 7.91. The number of Topliss-reactive ketones (excluding diaryl/α,β-unsaturated/α-hetero) is 2. The molecule has 0 atom stereocenters. The van der Waals surface area contributed by atoms with Gasteiger partial charge in [0, 0.05) is 22.2 Å². The molecule has 6 rings (SSSR count). The van der Waals surface area contributed by atoms with E-state index in [0.29, 0.717) is 0 Å². The maximum absolute atomic E-state index is 13.3. The van der Waals surface area contributed by atoms with Crippen LogP contribution in [0.1, 0.15) is 15.9 Å². The van der Waals surface area contributed by atoms with Gasteiger partial charge in [0.25, 0.3) is 40.5 Å². The van der Waals surface area contributed by atoms with Crippen molar-refractivity contribution in [3.63, 3.8) is 0 Å². The van der Waals surface area contributed by atoms with E-state index in [1.165, 1.54) is 60.7 Å². The number of carbonyl (C=O) groups is 3. The van der Waals surface area contributed by atoms with Crippen LogP contribution in [0.4, 0.5) is 27.5 Å². The predicted molar refractivity (Wildman–Crippen MR) is 208 cm³/mol. The summed E-state index contributed by atoms with van der Waals surface area (Å²) < 4.78 is 133. The van der Waals surface area contributed by atoms with Crippen molar-refractivity contribution in [2.45, 2.75) is 9.79 Å². The summed E-state index contributed by atoms with van der Waals surface area (Å²) in [6, 6.07) is 15.1. The molecule has 0 aliphatic heterocycles. The monoisotopic (exact) mass is 872 g/mol. The van der Waals surface area contributed by atoms with Crippen LogP contribution in [-0.4, -0.2) is 80.9 Å². The highest BCUT2D eigenvalue weighted by Crippen LogP contribution is 2.28. The average Bonchev–Trinajstić information content (AvgIpc) is 3.12. The largest absolute Gasteiger partial charge is 0.323 e. The molecule has 25 heteroatoms. The molecule has 0 radical (unpaired) electrons. The summed E-state index contributed by atoms with van der Waals surface area (Å²) in [4.78, 5) is 36.7. The lowest BCUT2D eigenvalue weighted by atomic mass is 9.94. The zero-order valence-corrected chi connectivity index (χ0v) is 31.8. The van der Waals surface area contributed by atoms with Crippen molar-refractivity contribution in [2.24, 2.45) is 10.2 Å². The number of allylic oxidation sites excluding steroid dienone is 1. The van der Waals surface area contributed by atoms with Gasteiger partial charge < -0.3 is 10.6 Å². The number of anilines is 4. The minimum atomic E-state index is -5.10. The summed E-state index contributed by atoms with van der Waals surface area (Å²) >= 11 is 0. The van der Waals surface area contributed by atoms with Crippen LogP contribution in [0.25, 0.3) is 17.1 Å². The number of benzene rings is 4. The second-order valence-corrected chi connectivity index (χ2v) is 17.5. The highest BCUT2D eigenvalue weighted by atomic mass is 32.2. The second-order valence-electron chi connectivity index (χ2n) is 12.0. The SMILES string of the molecule is O=C(Nc1ccc2c(c1)C=C(S(=O)(=O)O)/C(=N/Nc1ccc(S(=O)(=O)O)cc1)C2=O)Nc1ccc2c(c1)=CC(=O)/C(=N\Nc1ccc(S(=O)(=O)O)cc1)C=2S(=O)(=O)O. The fraction of sp³-hybridized carbons (Fsp3) is 0. The molecule has 58 heavy (non-hydrogen) atoms. The van der Waals surface area contributed by atoms with Gasteiger partial charge in [0.2, 0.25) is 11.6 Å². The van der Waals surface area contributed by atoms with E-state index in [9.17, 15) is 57.2 Å². The Hall–Kier alpha value is -6.45. The van der Waals surface area contributed by atoms with Crippen LogP contribution < -0.4 is 31.9 Å². The van der Waals surface area contributed by atoms with E-state index in [2.05, 4.69) is 31.7 Å². The Bertz CT molecular complexity index is 3150. The van der Waals surface area contributed by atoms with E-state index >= 15 is 0 Å². The molecule has 0 unspecified atom stereocenters. The van der Waals surface area contributed by atoms with E-state index in [-0.39, 0.29) is 44.3 Å². The van der Waals surface area contributed by atoms with E-state index in [1.807, 2.05) is 0 Å². The fourth-order valence-electron chi connectivity index (χ4n) is 5.44. The summed E-state index contributed by atoms with van der Waals surface area (Å²) in [6.45, 7) is 0. The number of hydrogen-bond donors (Lipinski definition) is 8. The van der Waals surface area contributed by atoms with E-state index in [0.717, 1.165) is 36.4 Å². The highest BCUT2D eigenvalue weighted by Gasteiger charge is 2.33. The van der Waals surface area contributed by atoms with Crippen LogP contribution >= 0.6 is 0 Å². The van der Waals surface area contributed by atoms with Crippen LogP contribution in [-0.2, 0) is 45.3 Å². The lowest BCUT2D eigenvalue weighted by molar-refractivity contribution is -0.107. The van der Waals surface area contributed by atoms with Gasteiger partial charge in [-0.2, -0.15) is 43.9 Å². The van der Waals surface area contributed by atoms with Crippen molar-refractivity contribution >= 4 is 109 Å². The molecule has 0 saturated carbocycles. The lowest BCUT2D eigenvalue weighted by Crippen LogP contribution is -2.40. The third kappa shape index (κ3) is 9.06. The molecule has 0 aromatic heterocycles. The van der Waals surface area contributed by atoms with Crippen molar-refractivity contribution < 1.29 is 66.3 Å². The molecule has 0 spiro atoms. The first-order chi connectivity index (χ1) is 27.0. The predicted octanol–water partition coefficient (Wildman–Crippen LogP) is 1.54. The Morgan fingerprint density at radius 3 is 1.52 bits per heavy atom. The zero-order valence-electron chi connectivity index (χ0n) is 28.5. The minimum Gasteiger partial charge on any atom is -0.308 e. The molecular weight excluding hydrogens is 849 g/mol. The van der Waals surface area contributed by atoms with Crippen molar-refractivity contribution in [3.05, 3.63) is 111 Å². The molecule has 0 bridgehead atoms. The maximum atomic E-state index is 13.3. The first kappa shape index (κ1) is 41.2. The van der Waals surface area contributed by atoms with Crippen LogP contribution in [0.5, 0.6) is 0 Å². The molecule has 2 amide bonds. The lowest BCUT2D eigenvalue weighted by Gasteiger charge is -2.17. The standard InChI is InChI=1S/C33H24N6O15S4/c40-27-15-17-13-22(6-12-26(17)32(58(52,53)54)29(27)38-36-19-1-7-23(8-2-19)55(43,44)45)35-33(42)34-21-5-11-25-18(14-21)16-28(57(49,50)51)30(31(25)41)39-37-20-3-9-24(10-4-20)56(46,47)48/h1-16,36-37H,(H2,34,35,42)(H,43,44,45)(H,46,47,48)(H,49,50,51)(H,52,53,54)/b38-29+,39-30-. The number of rotatable bonds is 10.